The number of aromatic nitrogens is 1. The first-order valence-corrected chi connectivity index (χ1v) is 5.99. The van der Waals surface area contributed by atoms with Crippen LogP contribution in [-0.2, 0) is 11.3 Å². The fourth-order valence-electron chi connectivity index (χ4n) is 2.13. The molecule has 0 radical (unpaired) electrons. The van der Waals surface area contributed by atoms with Crippen LogP contribution in [-0.4, -0.2) is 29.4 Å². The lowest BCUT2D eigenvalue weighted by Crippen LogP contribution is -2.25. The molecule has 1 aromatic rings. The second-order valence-electron chi connectivity index (χ2n) is 4.93. The number of carboxylic acids is 1. The van der Waals surface area contributed by atoms with E-state index in [1.807, 2.05) is 0 Å². The molecule has 0 atom stereocenters. The Morgan fingerprint density at radius 1 is 1.50 bits per heavy atom. The molecule has 1 N–H and O–H groups in total. The van der Waals surface area contributed by atoms with Crippen molar-refractivity contribution in [3.8, 4) is 0 Å². The van der Waals surface area contributed by atoms with Gasteiger partial charge in [-0.05, 0) is 30.7 Å². The summed E-state index contributed by atoms with van der Waals surface area (Å²) < 4.78 is 6.57. The van der Waals surface area contributed by atoms with Gasteiger partial charge in [-0.2, -0.15) is 0 Å². The number of methoxy groups -OCH3 is 1. The van der Waals surface area contributed by atoms with Crippen molar-refractivity contribution in [1.29, 1.82) is 0 Å². The zero-order valence-electron chi connectivity index (χ0n) is 10.4. The molecule has 1 saturated carbocycles. The first kappa shape index (κ1) is 12.8. The summed E-state index contributed by atoms with van der Waals surface area (Å²) >= 11 is 0. The lowest BCUT2D eigenvalue weighted by molar-refractivity contribution is 0.0695. The van der Waals surface area contributed by atoms with Crippen LogP contribution in [0.4, 0.5) is 0 Å². The molecule has 1 aliphatic carbocycles. The summed E-state index contributed by atoms with van der Waals surface area (Å²) in [5.41, 5.74) is 0.123. The first-order chi connectivity index (χ1) is 8.56. The number of rotatable bonds is 6. The summed E-state index contributed by atoms with van der Waals surface area (Å²) in [4.78, 5) is 22.6. The van der Waals surface area contributed by atoms with Crippen molar-refractivity contribution < 1.29 is 14.6 Å². The zero-order chi connectivity index (χ0) is 13.2. The first-order valence-electron chi connectivity index (χ1n) is 5.99. The Morgan fingerprint density at radius 2 is 2.22 bits per heavy atom. The maximum absolute atomic E-state index is 11.7. The molecule has 2 rings (SSSR count). The number of carbonyl (C=O) groups is 1. The van der Waals surface area contributed by atoms with Gasteiger partial charge in [0.2, 0.25) is 0 Å². The van der Waals surface area contributed by atoms with Crippen LogP contribution in [0.25, 0.3) is 0 Å². The Hall–Kier alpha value is -1.62. The summed E-state index contributed by atoms with van der Waals surface area (Å²) in [5.74, 6) is -1.01. The Morgan fingerprint density at radius 3 is 2.78 bits per heavy atom. The molecule has 0 unspecified atom stereocenters. The second-order valence-corrected chi connectivity index (χ2v) is 4.93. The average molecular weight is 251 g/mol. The summed E-state index contributed by atoms with van der Waals surface area (Å²) in [6, 6.07) is 2.66. The molecular weight excluding hydrogens is 234 g/mol. The predicted octanol–water partition coefficient (Wildman–Crippen LogP) is 1.36. The maximum atomic E-state index is 11.7. The molecular formula is C13H17NO4. The Balaban J connectivity index is 2.16. The van der Waals surface area contributed by atoms with Crippen LogP contribution in [0, 0.1) is 5.41 Å². The van der Waals surface area contributed by atoms with Gasteiger partial charge in [0, 0.05) is 32.5 Å². The van der Waals surface area contributed by atoms with E-state index in [0.29, 0.717) is 13.2 Å². The summed E-state index contributed by atoms with van der Waals surface area (Å²) in [6.07, 6.45) is 4.48. The van der Waals surface area contributed by atoms with Gasteiger partial charge in [-0.25, -0.2) is 4.79 Å². The lowest BCUT2D eigenvalue weighted by Gasteiger charge is -2.16. The third-order valence-corrected chi connectivity index (χ3v) is 3.53. The molecule has 5 heteroatoms. The van der Waals surface area contributed by atoms with Crippen LogP contribution in [0.15, 0.2) is 23.1 Å². The minimum absolute atomic E-state index is 0.122. The van der Waals surface area contributed by atoms with Crippen LogP contribution in [0.5, 0.6) is 0 Å². The SMILES string of the molecule is COCCC1(Cn2cc(C(=O)O)ccc2=O)CC1. The van der Waals surface area contributed by atoms with Crippen molar-refractivity contribution in [2.24, 2.45) is 5.41 Å². The standard InChI is InChI=1S/C13H17NO4/c1-18-7-6-13(4-5-13)9-14-8-10(12(16)17)2-3-11(14)15/h2-3,8H,4-7,9H2,1H3,(H,16,17). The molecule has 0 aliphatic heterocycles. The minimum Gasteiger partial charge on any atom is -0.478 e. The van der Waals surface area contributed by atoms with E-state index in [4.69, 9.17) is 9.84 Å². The summed E-state index contributed by atoms with van der Waals surface area (Å²) in [5, 5.41) is 8.92. The highest BCUT2D eigenvalue weighted by atomic mass is 16.5. The van der Waals surface area contributed by atoms with E-state index < -0.39 is 5.97 Å². The average Bonchev–Trinajstić information content (AvgIpc) is 3.09. The van der Waals surface area contributed by atoms with Gasteiger partial charge < -0.3 is 14.4 Å². The van der Waals surface area contributed by atoms with E-state index in [0.717, 1.165) is 19.3 Å². The second kappa shape index (κ2) is 4.94. The van der Waals surface area contributed by atoms with Gasteiger partial charge in [0.1, 0.15) is 0 Å². The van der Waals surface area contributed by atoms with Crippen molar-refractivity contribution in [3.05, 3.63) is 34.2 Å². The van der Waals surface area contributed by atoms with Crippen LogP contribution < -0.4 is 5.56 Å². The fraction of sp³-hybridized carbons (Fsp3) is 0.538. The van der Waals surface area contributed by atoms with E-state index in [1.165, 1.54) is 22.9 Å². The normalized spacial score (nSPS) is 16.5. The smallest absolute Gasteiger partial charge is 0.337 e. The highest BCUT2D eigenvalue weighted by molar-refractivity contribution is 5.87. The molecule has 1 fully saturated rings. The number of ether oxygens (including phenoxy) is 1. The topological polar surface area (TPSA) is 68.5 Å². The third kappa shape index (κ3) is 2.79. The number of pyridine rings is 1. The van der Waals surface area contributed by atoms with Gasteiger partial charge in [-0.3, -0.25) is 4.79 Å². The maximum Gasteiger partial charge on any atom is 0.337 e. The molecule has 1 aliphatic rings. The fourth-order valence-corrected chi connectivity index (χ4v) is 2.13. The molecule has 0 saturated heterocycles. The van der Waals surface area contributed by atoms with Gasteiger partial charge in [-0.15, -0.1) is 0 Å². The number of carboxylic acid groups (broad SMARTS) is 1. The van der Waals surface area contributed by atoms with Crippen molar-refractivity contribution in [2.75, 3.05) is 13.7 Å². The Kier molecular flexibility index (Phi) is 3.52. The molecule has 0 spiro atoms. The molecule has 5 nitrogen and oxygen atoms in total. The van der Waals surface area contributed by atoms with Crippen LogP contribution in [0.1, 0.15) is 29.6 Å². The van der Waals surface area contributed by atoms with E-state index in [2.05, 4.69) is 0 Å². The molecule has 0 bridgehead atoms. The van der Waals surface area contributed by atoms with Crippen LogP contribution in [0.3, 0.4) is 0 Å². The van der Waals surface area contributed by atoms with Crippen LogP contribution in [0.2, 0.25) is 0 Å². The lowest BCUT2D eigenvalue weighted by atomic mass is 10.0. The number of hydrogen-bond acceptors (Lipinski definition) is 3. The molecule has 1 heterocycles. The molecule has 0 aromatic carbocycles. The van der Waals surface area contributed by atoms with E-state index >= 15 is 0 Å². The predicted molar refractivity (Wildman–Crippen MR) is 65.8 cm³/mol. The third-order valence-electron chi connectivity index (χ3n) is 3.53. The van der Waals surface area contributed by atoms with Gasteiger partial charge >= 0.3 is 5.97 Å². The quantitative estimate of drug-likeness (QED) is 0.829. The minimum atomic E-state index is -1.01. The molecule has 18 heavy (non-hydrogen) atoms. The highest BCUT2D eigenvalue weighted by Crippen LogP contribution is 2.49. The van der Waals surface area contributed by atoms with Gasteiger partial charge in [0.25, 0.3) is 5.56 Å². The molecule has 98 valence electrons. The van der Waals surface area contributed by atoms with Crippen molar-refractivity contribution >= 4 is 5.97 Å². The van der Waals surface area contributed by atoms with E-state index in [9.17, 15) is 9.59 Å². The van der Waals surface area contributed by atoms with Crippen molar-refractivity contribution in [2.45, 2.75) is 25.8 Å². The molecule has 0 amide bonds. The van der Waals surface area contributed by atoms with Gasteiger partial charge in [-0.1, -0.05) is 0 Å². The number of nitrogens with zero attached hydrogens (tertiary/aromatic N) is 1. The Bertz CT molecular complexity index is 502. The highest BCUT2D eigenvalue weighted by Gasteiger charge is 2.42. The van der Waals surface area contributed by atoms with E-state index in [-0.39, 0.29) is 16.5 Å². The Labute approximate surface area is 105 Å². The van der Waals surface area contributed by atoms with Crippen molar-refractivity contribution in [1.82, 2.24) is 4.57 Å². The largest absolute Gasteiger partial charge is 0.478 e. The van der Waals surface area contributed by atoms with Gasteiger partial charge in [0.15, 0.2) is 0 Å². The van der Waals surface area contributed by atoms with E-state index in [1.54, 1.807) is 7.11 Å². The monoisotopic (exact) mass is 251 g/mol. The zero-order valence-corrected chi connectivity index (χ0v) is 10.4. The summed E-state index contributed by atoms with van der Waals surface area (Å²) in [6.45, 7) is 1.25. The van der Waals surface area contributed by atoms with Crippen molar-refractivity contribution in [3.63, 3.8) is 0 Å². The number of hydrogen-bond donors (Lipinski definition) is 1. The van der Waals surface area contributed by atoms with Gasteiger partial charge in [0.05, 0.1) is 5.56 Å². The summed E-state index contributed by atoms with van der Waals surface area (Å²) in [7, 11) is 1.66. The number of aromatic carboxylic acids is 1. The molecule has 1 aromatic heterocycles. The van der Waals surface area contributed by atoms with Crippen LogP contribution >= 0.6 is 0 Å².